The predicted octanol–water partition coefficient (Wildman–Crippen LogP) is 0.871. The molecule has 0 saturated carbocycles. The van der Waals surface area contributed by atoms with Crippen LogP contribution in [0.4, 0.5) is 17.6 Å². The van der Waals surface area contributed by atoms with Crippen LogP contribution in [-0.4, -0.2) is 32.6 Å². The molecule has 0 unspecified atom stereocenters. The molecule has 1 aromatic carbocycles. The minimum absolute atomic E-state index is 0.370. The first kappa shape index (κ1) is 14.9. The largest absolute Gasteiger partial charge is 0.390 e. The maximum absolute atomic E-state index is 12.8. The lowest BCUT2D eigenvalue weighted by atomic mass is 10.3. The normalized spacial score (nSPS) is 12.7. The first-order chi connectivity index (χ1) is 8.18. The summed E-state index contributed by atoms with van der Waals surface area (Å²) in [5.74, 6) is -6.30. The van der Waals surface area contributed by atoms with Gasteiger partial charge < -0.3 is 5.11 Å². The summed E-state index contributed by atoms with van der Waals surface area (Å²) in [5, 5.41) is 8.25. The first-order valence-corrected chi connectivity index (χ1v) is 6.10. The second-order valence-corrected chi connectivity index (χ2v) is 5.18. The highest BCUT2D eigenvalue weighted by atomic mass is 32.2. The molecule has 0 fully saturated rings. The molecule has 0 aliphatic rings. The van der Waals surface area contributed by atoms with Crippen LogP contribution in [0.5, 0.6) is 0 Å². The van der Waals surface area contributed by atoms with E-state index < -0.39 is 45.6 Å². The molecule has 0 aliphatic carbocycles. The molecular weight excluding hydrogens is 278 g/mol. The molecule has 4 nitrogen and oxygen atoms in total. The van der Waals surface area contributed by atoms with Gasteiger partial charge in [-0.2, -0.15) is 0 Å². The minimum atomic E-state index is -4.39. The molecule has 0 bridgehead atoms. The summed E-state index contributed by atoms with van der Waals surface area (Å²) < 4.78 is 75.0. The van der Waals surface area contributed by atoms with Crippen LogP contribution in [0.1, 0.15) is 0 Å². The molecular formula is C9H9F4NO3S. The fourth-order valence-corrected chi connectivity index (χ4v) is 2.06. The highest BCUT2D eigenvalue weighted by Gasteiger charge is 2.30. The molecule has 102 valence electrons. The van der Waals surface area contributed by atoms with Gasteiger partial charge in [0.1, 0.15) is 6.61 Å². The van der Waals surface area contributed by atoms with Gasteiger partial charge in [-0.15, -0.1) is 0 Å². The highest BCUT2D eigenvalue weighted by Crippen LogP contribution is 2.15. The third-order valence-electron chi connectivity index (χ3n) is 1.95. The van der Waals surface area contributed by atoms with Gasteiger partial charge in [0.05, 0.1) is 11.4 Å². The standard InChI is InChI=1S/C9H9F4NO3S/c10-7-2-1-6(3-8(7)11)18(16,17)14-4-9(12,13)5-15/h1-3,14-15H,4-5H2. The molecule has 0 aliphatic heterocycles. The van der Waals surface area contributed by atoms with Gasteiger partial charge >= 0.3 is 0 Å². The fraction of sp³-hybridized carbons (Fsp3) is 0.333. The number of hydrogen-bond acceptors (Lipinski definition) is 3. The quantitative estimate of drug-likeness (QED) is 0.790. The summed E-state index contributed by atoms with van der Waals surface area (Å²) in [5.41, 5.74) is 0. The fourth-order valence-electron chi connectivity index (χ4n) is 0.984. The minimum Gasteiger partial charge on any atom is -0.390 e. The van der Waals surface area contributed by atoms with Gasteiger partial charge in [0.2, 0.25) is 10.0 Å². The summed E-state index contributed by atoms with van der Waals surface area (Å²) in [4.78, 5) is -0.685. The zero-order chi connectivity index (χ0) is 14.0. The zero-order valence-electron chi connectivity index (χ0n) is 8.83. The molecule has 0 aromatic heterocycles. The van der Waals surface area contributed by atoms with Gasteiger partial charge in [-0.05, 0) is 18.2 Å². The molecule has 1 rings (SSSR count). The van der Waals surface area contributed by atoms with Crippen LogP contribution in [-0.2, 0) is 10.0 Å². The van der Waals surface area contributed by atoms with Crippen molar-refractivity contribution >= 4 is 10.0 Å². The number of alkyl halides is 2. The van der Waals surface area contributed by atoms with E-state index in [9.17, 15) is 26.0 Å². The number of hydrogen-bond donors (Lipinski definition) is 2. The van der Waals surface area contributed by atoms with E-state index in [0.717, 1.165) is 6.07 Å². The summed E-state index contributed by atoms with van der Waals surface area (Å²) in [7, 11) is -4.39. The van der Waals surface area contributed by atoms with Crippen molar-refractivity contribution < 1.29 is 31.1 Å². The third kappa shape index (κ3) is 3.65. The summed E-state index contributed by atoms with van der Waals surface area (Å²) in [6, 6.07) is 1.67. The van der Waals surface area contributed by atoms with Crippen molar-refractivity contribution in [2.24, 2.45) is 0 Å². The van der Waals surface area contributed by atoms with Gasteiger partial charge in [0.15, 0.2) is 11.6 Å². The smallest absolute Gasteiger partial charge is 0.283 e. The SMILES string of the molecule is O=S(=O)(NCC(F)(F)CO)c1ccc(F)c(F)c1. The average molecular weight is 287 g/mol. The topological polar surface area (TPSA) is 66.4 Å². The number of nitrogens with one attached hydrogen (secondary N) is 1. The van der Waals surface area contributed by atoms with Crippen molar-refractivity contribution in [1.82, 2.24) is 4.72 Å². The lowest BCUT2D eigenvalue weighted by Crippen LogP contribution is -2.38. The van der Waals surface area contributed by atoms with Crippen molar-refractivity contribution in [3.05, 3.63) is 29.8 Å². The number of halogens is 4. The molecule has 0 spiro atoms. The molecule has 2 N–H and O–H groups in total. The van der Waals surface area contributed by atoms with Crippen LogP contribution in [0.3, 0.4) is 0 Å². The van der Waals surface area contributed by atoms with E-state index in [0.29, 0.717) is 12.1 Å². The number of aliphatic hydroxyl groups excluding tert-OH is 1. The Morgan fingerprint density at radius 1 is 1.22 bits per heavy atom. The Hall–Kier alpha value is -1.19. The van der Waals surface area contributed by atoms with Gasteiger partial charge in [0.25, 0.3) is 5.92 Å². The van der Waals surface area contributed by atoms with Crippen molar-refractivity contribution in [3.63, 3.8) is 0 Å². The number of sulfonamides is 1. The van der Waals surface area contributed by atoms with Crippen LogP contribution in [0.25, 0.3) is 0 Å². The van der Waals surface area contributed by atoms with Crippen LogP contribution in [0.15, 0.2) is 23.1 Å². The van der Waals surface area contributed by atoms with E-state index in [-0.39, 0.29) is 0 Å². The van der Waals surface area contributed by atoms with Gasteiger partial charge in [-0.1, -0.05) is 0 Å². The van der Waals surface area contributed by atoms with E-state index in [4.69, 9.17) is 5.11 Å². The van der Waals surface area contributed by atoms with E-state index in [1.165, 1.54) is 4.72 Å². The molecule has 1 aromatic rings. The molecule has 0 atom stereocenters. The number of rotatable bonds is 5. The zero-order valence-corrected chi connectivity index (χ0v) is 9.65. The van der Waals surface area contributed by atoms with Crippen LogP contribution >= 0.6 is 0 Å². The summed E-state index contributed by atoms with van der Waals surface area (Å²) in [6.07, 6.45) is 0. The number of aliphatic hydroxyl groups is 1. The Bertz CT molecular complexity index is 533. The van der Waals surface area contributed by atoms with Crippen molar-refractivity contribution in [3.8, 4) is 0 Å². The summed E-state index contributed by atoms with van der Waals surface area (Å²) >= 11 is 0. The van der Waals surface area contributed by atoms with Crippen LogP contribution in [0, 0.1) is 11.6 Å². The maximum Gasteiger partial charge on any atom is 0.283 e. The van der Waals surface area contributed by atoms with Gasteiger partial charge in [-0.3, -0.25) is 0 Å². The lowest BCUT2D eigenvalue weighted by molar-refractivity contribution is -0.0437. The highest BCUT2D eigenvalue weighted by molar-refractivity contribution is 7.89. The first-order valence-electron chi connectivity index (χ1n) is 4.61. The molecule has 0 saturated heterocycles. The number of benzene rings is 1. The summed E-state index contributed by atoms with van der Waals surface area (Å²) in [6.45, 7) is -2.88. The maximum atomic E-state index is 12.8. The van der Waals surface area contributed by atoms with E-state index in [1.54, 1.807) is 0 Å². The Kier molecular flexibility index (Phi) is 4.30. The Morgan fingerprint density at radius 3 is 2.33 bits per heavy atom. The van der Waals surface area contributed by atoms with E-state index >= 15 is 0 Å². The van der Waals surface area contributed by atoms with Crippen molar-refractivity contribution in [2.75, 3.05) is 13.2 Å². The van der Waals surface area contributed by atoms with Crippen molar-refractivity contribution in [1.29, 1.82) is 0 Å². The third-order valence-corrected chi connectivity index (χ3v) is 3.35. The Balaban J connectivity index is 2.90. The predicted molar refractivity (Wildman–Crippen MR) is 53.6 cm³/mol. The monoisotopic (exact) mass is 287 g/mol. The van der Waals surface area contributed by atoms with E-state index in [2.05, 4.69) is 0 Å². The van der Waals surface area contributed by atoms with Crippen molar-refractivity contribution in [2.45, 2.75) is 10.8 Å². The van der Waals surface area contributed by atoms with Crippen LogP contribution < -0.4 is 4.72 Å². The second kappa shape index (κ2) is 5.21. The second-order valence-electron chi connectivity index (χ2n) is 3.41. The molecule has 0 amide bonds. The molecule has 0 heterocycles. The Labute approximate surface area is 100 Å². The van der Waals surface area contributed by atoms with Gasteiger partial charge in [-0.25, -0.2) is 30.7 Å². The van der Waals surface area contributed by atoms with E-state index in [1.807, 2.05) is 0 Å². The molecule has 0 radical (unpaired) electrons. The lowest BCUT2D eigenvalue weighted by Gasteiger charge is -2.14. The molecule has 18 heavy (non-hydrogen) atoms. The Morgan fingerprint density at radius 2 is 1.83 bits per heavy atom. The van der Waals surface area contributed by atoms with Gasteiger partial charge in [0, 0.05) is 0 Å². The molecule has 9 heteroatoms. The van der Waals surface area contributed by atoms with Crippen LogP contribution in [0.2, 0.25) is 0 Å². The average Bonchev–Trinajstić information content (AvgIpc) is 2.30.